The van der Waals surface area contributed by atoms with Gasteiger partial charge < -0.3 is 20.3 Å². The number of pyridine rings is 1. The Bertz CT molecular complexity index is 1280. The van der Waals surface area contributed by atoms with Crippen molar-refractivity contribution in [2.75, 3.05) is 20.2 Å². The van der Waals surface area contributed by atoms with Gasteiger partial charge in [-0.25, -0.2) is 0 Å². The summed E-state index contributed by atoms with van der Waals surface area (Å²) in [5.74, 6) is 1.01. The summed E-state index contributed by atoms with van der Waals surface area (Å²) >= 11 is 0. The number of methoxy groups -OCH3 is 1. The lowest BCUT2D eigenvalue weighted by Gasteiger charge is -2.45. The minimum Gasteiger partial charge on any atom is -0.496 e. The number of para-hydroxylation sites is 1. The van der Waals surface area contributed by atoms with Crippen molar-refractivity contribution in [3.05, 3.63) is 95.8 Å². The average molecular weight is 525 g/mol. The predicted molar refractivity (Wildman–Crippen MR) is 152 cm³/mol. The zero-order valence-electron chi connectivity index (χ0n) is 22.6. The van der Waals surface area contributed by atoms with Crippen LogP contribution < -0.4 is 15.4 Å². The molecule has 1 amide bonds. The van der Waals surface area contributed by atoms with Gasteiger partial charge in [-0.3, -0.25) is 9.78 Å². The highest BCUT2D eigenvalue weighted by molar-refractivity contribution is 5.97. The molecule has 2 aromatic carbocycles. The zero-order valence-corrected chi connectivity index (χ0v) is 22.6. The number of hydrogen-bond acceptors (Lipinski definition) is 5. The predicted octanol–water partition coefficient (Wildman–Crippen LogP) is 4.65. The highest BCUT2D eigenvalue weighted by Crippen LogP contribution is 2.41. The van der Waals surface area contributed by atoms with Crippen LogP contribution in [0.15, 0.2) is 84.1 Å². The summed E-state index contributed by atoms with van der Waals surface area (Å²) in [5, 5.41) is 15.9. The van der Waals surface area contributed by atoms with E-state index < -0.39 is 0 Å². The second kappa shape index (κ2) is 13.4. The first-order valence-electron chi connectivity index (χ1n) is 13.4. The SMILES string of the molecule is CCN/C(=N\C#N)N(Cc1cccnc1)[C@H]1CC[C@@](CNC(=O)c2ccccc2OC)(c2ccccc2)CC1. The fourth-order valence-corrected chi connectivity index (χ4v) is 5.48. The number of guanidine groups is 1. The van der Waals surface area contributed by atoms with E-state index >= 15 is 0 Å². The second-order valence-electron chi connectivity index (χ2n) is 9.82. The normalized spacial score (nSPS) is 19.0. The molecule has 1 fully saturated rings. The number of aliphatic imine (C=N–C) groups is 1. The van der Waals surface area contributed by atoms with E-state index in [-0.39, 0.29) is 17.4 Å². The molecular formula is C31H36N6O2. The average Bonchev–Trinajstić information content (AvgIpc) is 3.00. The van der Waals surface area contributed by atoms with E-state index in [4.69, 9.17) is 4.74 Å². The Labute approximate surface area is 230 Å². The van der Waals surface area contributed by atoms with Gasteiger partial charge in [-0.15, -0.1) is 4.99 Å². The number of amides is 1. The maximum absolute atomic E-state index is 13.2. The molecule has 0 aliphatic heterocycles. The number of nitriles is 1. The number of carbonyl (C=O) groups excluding carboxylic acids is 1. The lowest BCUT2D eigenvalue weighted by Crippen LogP contribution is -2.51. The van der Waals surface area contributed by atoms with E-state index in [2.05, 4.69) is 49.8 Å². The van der Waals surface area contributed by atoms with Gasteiger partial charge in [-0.05, 0) is 61.9 Å². The first-order chi connectivity index (χ1) is 19.1. The van der Waals surface area contributed by atoms with Gasteiger partial charge in [-0.2, -0.15) is 5.26 Å². The third kappa shape index (κ3) is 6.74. The van der Waals surface area contributed by atoms with Gasteiger partial charge in [0.05, 0.1) is 12.7 Å². The number of hydrogen-bond donors (Lipinski definition) is 2. The number of rotatable bonds is 9. The van der Waals surface area contributed by atoms with Crippen molar-refractivity contribution in [1.29, 1.82) is 5.26 Å². The Kier molecular flexibility index (Phi) is 9.52. The van der Waals surface area contributed by atoms with Gasteiger partial charge >= 0.3 is 0 Å². The zero-order chi connectivity index (χ0) is 27.5. The number of benzene rings is 2. The highest BCUT2D eigenvalue weighted by atomic mass is 16.5. The molecule has 1 aliphatic rings. The number of aromatic nitrogens is 1. The summed E-state index contributed by atoms with van der Waals surface area (Å²) in [6, 6.07) is 21.9. The summed E-state index contributed by atoms with van der Waals surface area (Å²) in [4.78, 5) is 23.8. The number of ether oxygens (including phenoxy) is 1. The number of carbonyl (C=O) groups is 1. The third-order valence-electron chi connectivity index (χ3n) is 7.52. The second-order valence-corrected chi connectivity index (χ2v) is 9.82. The molecule has 202 valence electrons. The Morgan fingerprint density at radius 2 is 1.85 bits per heavy atom. The van der Waals surface area contributed by atoms with Crippen LogP contribution in [0.25, 0.3) is 0 Å². The van der Waals surface area contributed by atoms with Crippen LogP contribution in [-0.4, -0.2) is 48.0 Å². The molecule has 0 bridgehead atoms. The summed E-state index contributed by atoms with van der Waals surface area (Å²) in [6.45, 7) is 3.80. The van der Waals surface area contributed by atoms with Crippen molar-refractivity contribution in [2.24, 2.45) is 4.99 Å². The van der Waals surface area contributed by atoms with Gasteiger partial charge in [0.15, 0.2) is 0 Å². The quantitative estimate of drug-likeness (QED) is 0.240. The van der Waals surface area contributed by atoms with Gasteiger partial charge in [0, 0.05) is 43.5 Å². The maximum Gasteiger partial charge on any atom is 0.255 e. The lowest BCUT2D eigenvalue weighted by molar-refractivity contribution is 0.0925. The molecule has 3 aromatic rings. The Hall–Kier alpha value is -4.38. The standard InChI is InChI=1S/C31H36N6O2/c1-3-34-30(36-23-32)37(21-24-10-9-19-33-20-24)26-15-17-31(18-16-26,25-11-5-4-6-12-25)22-35-29(38)27-13-7-8-14-28(27)39-2/h4-14,19-20,26H,3,15-18,21-22H2,1-2H3,(H,34,36)(H,35,38)/t26-,31+. The smallest absolute Gasteiger partial charge is 0.255 e. The number of nitrogens with zero attached hydrogens (tertiary/aromatic N) is 4. The Morgan fingerprint density at radius 1 is 1.10 bits per heavy atom. The molecule has 8 heteroatoms. The Morgan fingerprint density at radius 3 is 2.51 bits per heavy atom. The molecule has 0 radical (unpaired) electrons. The van der Waals surface area contributed by atoms with Gasteiger partial charge in [0.2, 0.25) is 12.2 Å². The summed E-state index contributed by atoms with van der Waals surface area (Å²) in [7, 11) is 1.58. The molecular weight excluding hydrogens is 488 g/mol. The molecule has 1 aromatic heterocycles. The maximum atomic E-state index is 13.2. The molecule has 1 aliphatic carbocycles. The Balaban J connectivity index is 1.56. The molecule has 4 rings (SSSR count). The minimum atomic E-state index is -0.208. The van der Waals surface area contributed by atoms with E-state index in [1.54, 1.807) is 25.4 Å². The van der Waals surface area contributed by atoms with Crippen LogP contribution in [0.4, 0.5) is 0 Å². The van der Waals surface area contributed by atoms with E-state index in [0.717, 1.165) is 31.2 Å². The third-order valence-corrected chi connectivity index (χ3v) is 7.52. The van der Waals surface area contributed by atoms with Crippen LogP contribution >= 0.6 is 0 Å². The van der Waals surface area contributed by atoms with Crippen molar-refractivity contribution in [1.82, 2.24) is 20.5 Å². The van der Waals surface area contributed by atoms with Crippen LogP contribution in [0.3, 0.4) is 0 Å². The number of nitrogens with one attached hydrogen (secondary N) is 2. The molecule has 0 spiro atoms. The van der Waals surface area contributed by atoms with Crippen LogP contribution in [-0.2, 0) is 12.0 Å². The first-order valence-corrected chi connectivity index (χ1v) is 13.4. The summed E-state index contributed by atoms with van der Waals surface area (Å²) < 4.78 is 5.41. The molecule has 0 unspecified atom stereocenters. The van der Waals surface area contributed by atoms with Crippen molar-refractivity contribution >= 4 is 11.9 Å². The minimum absolute atomic E-state index is 0.140. The summed E-state index contributed by atoms with van der Waals surface area (Å²) in [5.41, 5.74) is 2.60. The van der Waals surface area contributed by atoms with Crippen LogP contribution in [0.2, 0.25) is 0 Å². The van der Waals surface area contributed by atoms with Gasteiger partial charge in [-0.1, -0.05) is 48.5 Å². The molecule has 1 heterocycles. The van der Waals surface area contributed by atoms with Crippen LogP contribution in [0.5, 0.6) is 5.75 Å². The summed E-state index contributed by atoms with van der Waals surface area (Å²) in [6.07, 6.45) is 9.11. The van der Waals surface area contributed by atoms with Gasteiger partial charge in [0.1, 0.15) is 5.75 Å². The fourth-order valence-electron chi connectivity index (χ4n) is 5.48. The lowest BCUT2D eigenvalue weighted by atomic mass is 9.67. The molecule has 0 saturated heterocycles. The van der Waals surface area contributed by atoms with E-state index in [1.165, 1.54) is 5.56 Å². The van der Waals surface area contributed by atoms with E-state index in [1.807, 2.05) is 49.6 Å². The van der Waals surface area contributed by atoms with Crippen molar-refractivity contribution < 1.29 is 9.53 Å². The topological polar surface area (TPSA) is 103 Å². The van der Waals surface area contributed by atoms with Crippen molar-refractivity contribution in [3.63, 3.8) is 0 Å². The van der Waals surface area contributed by atoms with Crippen molar-refractivity contribution in [2.45, 2.75) is 50.6 Å². The molecule has 39 heavy (non-hydrogen) atoms. The largest absolute Gasteiger partial charge is 0.496 e. The molecule has 8 nitrogen and oxygen atoms in total. The monoisotopic (exact) mass is 524 g/mol. The van der Waals surface area contributed by atoms with E-state index in [0.29, 0.717) is 36.9 Å². The molecule has 2 N–H and O–H groups in total. The first kappa shape index (κ1) is 27.6. The fraction of sp³-hybridized carbons (Fsp3) is 0.355. The van der Waals surface area contributed by atoms with Crippen LogP contribution in [0.1, 0.15) is 54.1 Å². The van der Waals surface area contributed by atoms with Crippen LogP contribution in [0, 0.1) is 11.5 Å². The van der Waals surface area contributed by atoms with Gasteiger partial charge in [0.25, 0.3) is 5.91 Å². The van der Waals surface area contributed by atoms with E-state index in [9.17, 15) is 10.1 Å². The molecule has 1 saturated carbocycles. The highest BCUT2D eigenvalue weighted by Gasteiger charge is 2.39. The molecule has 0 atom stereocenters. The van der Waals surface area contributed by atoms with Crippen molar-refractivity contribution in [3.8, 4) is 11.9 Å².